The van der Waals surface area contributed by atoms with E-state index >= 15 is 0 Å². The maximum Gasteiger partial charge on any atom is 0.0468 e. The molecule has 0 unspecified atom stereocenters. The quantitative estimate of drug-likeness (QED) is 0.735. The lowest BCUT2D eigenvalue weighted by molar-refractivity contribution is 0.259. The van der Waals surface area contributed by atoms with Crippen LogP contribution in [0.15, 0.2) is 23.3 Å². The largest absolute Gasteiger partial charge is 0.396 e. The molecule has 1 aliphatic carbocycles. The molecule has 0 aromatic carbocycles. The molecule has 1 radical (unpaired) electrons. The van der Waals surface area contributed by atoms with Gasteiger partial charge in [0.05, 0.1) is 0 Å². The Morgan fingerprint density at radius 1 is 1.25 bits per heavy atom. The van der Waals surface area contributed by atoms with E-state index in [1.807, 2.05) is 0 Å². The van der Waals surface area contributed by atoms with Crippen molar-refractivity contribution in [2.24, 2.45) is 0 Å². The lowest BCUT2D eigenvalue weighted by atomic mass is 9.95. The fraction of sp³-hybridized carbons (Fsp3) is 0.615. The van der Waals surface area contributed by atoms with Gasteiger partial charge in [-0.15, -0.1) is 0 Å². The van der Waals surface area contributed by atoms with Crippen molar-refractivity contribution in [3.63, 3.8) is 0 Å². The SMILES string of the molecule is OCCC1=C(CN2CCNCC2)C=CC[CH]1. The van der Waals surface area contributed by atoms with Crippen molar-refractivity contribution in [3.05, 3.63) is 29.7 Å². The molecule has 1 saturated heterocycles. The number of aliphatic hydroxyl groups is 1. The highest BCUT2D eigenvalue weighted by molar-refractivity contribution is 5.36. The Labute approximate surface area is 97.8 Å². The Balaban J connectivity index is 1.96. The standard InChI is InChI=1S/C13H21N2O/c16-10-5-12-3-1-2-4-13(12)11-15-8-6-14-7-9-15/h2-4,14,16H,1,5-11H2. The molecule has 0 amide bonds. The van der Waals surface area contributed by atoms with Crippen LogP contribution < -0.4 is 5.32 Å². The van der Waals surface area contributed by atoms with Crippen molar-refractivity contribution in [1.29, 1.82) is 0 Å². The van der Waals surface area contributed by atoms with Crippen molar-refractivity contribution in [2.75, 3.05) is 39.3 Å². The number of hydrogen-bond acceptors (Lipinski definition) is 3. The molecule has 0 atom stereocenters. The van der Waals surface area contributed by atoms with Gasteiger partial charge in [-0.2, -0.15) is 0 Å². The van der Waals surface area contributed by atoms with E-state index in [1.165, 1.54) is 11.1 Å². The number of nitrogens with one attached hydrogen (secondary N) is 1. The highest BCUT2D eigenvalue weighted by atomic mass is 16.2. The number of rotatable bonds is 4. The molecule has 2 N–H and O–H groups in total. The van der Waals surface area contributed by atoms with Gasteiger partial charge in [0.2, 0.25) is 0 Å². The van der Waals surface area contributed by atoms with Crippen LogP contribution in [-0.4, -0.2) is 49.3 Å². The van der Waals surface area contributed by atoms with Gasteiger partial charge in [-0.3, -0.25) is 4.90 Å². The summed E-state index contributed by atoms with van der Waals surface area (Å²) in [5.41, 5.74) is 2.73. The fourth-order valence-corrected chi connectivity index (χ4v) is 2.31. The molecular weight excluding hydrogens is 200 g/mol. The molecular formula is C13H21N2O. The van der Waals surface area contributed by atoms with E-state index in [-0.39, 0.29) is 6.61 Å². The first-order chi connectivity index (χ1) is 7.90. The second-order valence-corrected chi connectivity index (χ2v) is 4.39. The van der Waals surface area contributed by atoms with Gasteiger partial charge in [0, 0.05) is 39.3 Å². The zero-order valence-corrected chi connectivity index (χ0v) is 9.78. The van der Waals surface area contributed by atoms with Gasteiger partial charge in [0.15, 0.2) is 0 Å². The Bertz CT molecular complexity index is 278. The van der Waals surface area contributed by atoms with Gasteiger partial charge in [-0.1, -0.05) is 17.7 Å². The second-order valence-electron chi connectivity index (χ2n) is 4.39. The number of aliphatic hydroxyl groups excluding tert-OH is 1. The van der Waals surface area contributed by atoms with Crippen molar-refractivity contribution >= 4 is 0 Å². The minimum Gasteiger partial charge on any atom is -0.396 e. The monoisotopic (exact) mass is 221 g/mol. The summed E-state index contributed by atoms with van der Waals surface area (Å²) in [5.74, 6) is 0. The molecule has 0 aromatic heterocycles. The summed E-state index contributed by atoms with van der Waals surface area (Å²) in [6.07, 6.45) is 8.49. The maximum absolute atomic E-state index is 9.04. The lowest BCUT2D eigenvalue weighted by Crippen LogP contribution is -2.44. The molecule has 0 saturated carbocycles. The van der Waals surface area contributed by atoms with Crippen LogP contribution in [0.5, 0.6) is 0 Å². The molecule has 1 aliphatic heterocycles. The zero-order valence-electron chi connectivity index (χ0n) is 9.78. The zero-order chi connectivity index (χ0) is 11.2. The average Bonchev–Trinajstić information content (AvgIpc) is 2.33. The van der Waals surface area contributed by atoms with E-state index in [9.17, 15) is 0 Å². The third-order valence-corrected chi connectivity index (χ3v) is 3.22. The number of allylic oxidation sites excluding steroid dienone is 1. The molecule has 2 rings (SSSR count). The van der Waals surface area contributed by atoms with Gasteiger partial charge in [-0.05, 0) is 24.8 Å². The highest BCUT2D eigenvalue weighted by Gasteiger charge is 2.14. The van der Waals surface area contributed by atoms with Crippen molar-refractivity contribution in [3.8, 4) is 0 Å². The number of nitrogens with zero attached hydrogens (tertiary/aromatic N) is 1. The van der Waals surface area contributed by atoms with Gasteiger partial charge in [0.25, 0.3) is 0 Å². The fourth-order valence-electron chi connectivity index (χ4n) is 2.31. The van der Waals surface area contributed by atoms with Crippen LogP contribution in [0.1, 0.15) is 12.8 Å². The van der Waals surface area contributed by atoms with E-state index in [1.54, 1.807) is 0 Å². The van der Waals surface area contributed by atoms with Crippen molar-refractivity contribution in [1.82, 2.24) is 10.2 Å². The van der Waals surface area contributed by atoms with Crippen LogP contribution in [0.3, 0.4) is 0 Å². The molecule has 89 valence electrons. The van der Waals surface area contributed by atoms with Gasteiger partial charge < -0.3 is 10.4 Å². The summed E-state index contributed by atoms with van der Waals surface area (Å²) >= 11 is 0. The predicted octanol–water partition coefficient (Wildman–Crippen LogP) is 0.735. The lowest BCUT2D eigenvalue weighted by Gasteiger charge is -2.29. The third kappa shape index (κ3) is 3.17. The van der Waals surface area contributed by atoms with Gasteiger partial charge in [0.1, 0.15) is 0 Å². The summed E-state index contributed by atoms with van der Waals surface area (Å²) in [7, 11) is 0. The van der Waals surface area contributed by atoms with Crippen LogP contribution in [-0.2, 0) is 0 Å². The molecule has 0 bridgehead atoms. The minimum absolute atomic E-state index is 0.255. The molecule has 0 spiro atoms. The minimum atomic E-state index is 0.255. The summed E-state index contributed by atoms with van der Waals surface area (Å²) in [5, 5.41) is 12.4. The predicted molar refractivity (Wildman–Crippen MR) is 66.1 cm³/mol. The Kier molecular flexibility index (Phi) is 4.57. The van der Waals surface area contributed by atoms with Crippen LogP contribution in [0.2, 0.25) is 0 Å². The highest BCUT2D eigenvalue weighted by Crippen LogP contribution is 2.21. The third-order valence-electron chi connectivity index (χ3n) is 3.22. The van der Waals surface area contributed by atoms with Crippen LogP contribution in [0.4, 0.5) is 0 Å². The number of piperazine rings is 1. The Morgan fingerprint density at radius 2 is 2.06 bits per heavy atom. The molecule has 1 fully saturated rings. The topological polar surface area (TPSA) is 35.5 Å². The van der Waals surface area contributed by atoms with Gasteiger partial charge in [-0.25, -0.2) is 0 Å². The Morgan fingerprint density at radius 3 is 2.81 bits per heavy atom. The maximum atomic E-state index is 9.04. The van der Waals surface area contributed by atoms with E-state index in [0.29, 0.717) is 0 Å². The van der Waals surface area contributed by atoms with Crippen molar-refractivity contribution < 1.29 is 5.11 Å². The normalized spacial score (nSPS) is 22.8. The molecule has 1 heterocycles. The second kappa shape index (κ2) is 6.18. The molecule has 3 heteroatoms. The first-order valence-corrected chi connectivity index (χ1v) is 6.16. The van der Waals surface area contributed by atoms with Crippen molar-refractivity contribution in [2.45, 2.75) is 12.8 Å². The molecule has 16 heavy (non-hydrogen) atoms. The molecule has 3 nitrogen and oxygen atoms in total. The van der Waals surface area contributed by atoms with Gasteiger partial charge >= 0.3 is 0 Å². The smallest absolute Gasteiger partial charge is 0.0468 e. The first-order valence-electron chi connectivity index (χ1n) is 6.16. The van der Waals surface area contributed by atoms with E-state index in [2.05, 4.69) is 28.8 Å². The Hall–Kier alpha value is -0.640. The summed E-state index contributed by atoms with van der Waals surface area (Å²) < 4.78 is 0. The summed E-state index contributed by atoms with van der Waals surface area (Å²) in [4.78, 5) is 2.48. The van der Waals surface area contributed by atoms with Crippen LogP contribution >= 0.6 is 0 Å². The first kappa shape index (κ1) is 11.8. The van der Waals surface area contributed by atoms with Crippen LogP contribution in [0.25, 0.3) is 0 Å². The average molecular weight is 221 g/mol. The van der Waals surface area contributed by atoms with Crippen LogP contribution in [0, 0.1) is 6.42 Å². The van der Waals surface area contributed by atoms with E-state index in [0.717, 1.165) is 45.6 Å². The van der Waals surface area contributed by atoms with E-state index < -0.39 is 0 Å². The molecule has 2 aliphatic rings. The molecule has 0 aromatic rings. The summed E-state index contributed by atoms with van der Waals surface area (Å²) in [6.45, 7) is 5.73. The summed E-state index contributed by atoms with van der Waals surface area (Å²) in [6, 6.07) is 0. The van der Waals surface area contributed by atoms with E-state index in [4.69, 9.17) is 5.11 Å². The number of hydrogen-bond donors (Lipinski definition) is 2.